The maximum Gasteiger partial charge on any atom is 0.326 e. The molecular weight excluding hydrogens is 320 g/mol. The van der Waals surface area contributed by atoms with E-state index < -0.39 is 0 Å². The van der Waals surface area contributed by atoms with Gasteiger partial charge in [0.15, 0.2) is 0 Å². The lowest BCUT2D eigenvalue weighted by Gasteiger charge is -2.14. The average Bonchev–Trinajstić information content (AvgIpc) is 3.13. The number of hydrogen-bond acceptors (Lipinski definition) is 3. The zero-order valence-corrected chi connectivity index (χ0v) is 14.0. The number of amides is 1. The summed E-state index contributed by atoms with van der Waals surface area (Å²) in [5.74, 6) is -0.134. The van der Waals surface area contributed by atoms with Crippen LogP contribution in [0.25, 0.3) is 11.0 Å². The largest absolute Gasteiger partial charge is 0.376 e. The standard InChI is InChI=1S/C18H20N4O3/c1-21-14-6-9-25-11-12(14)10-16(21)17(23)19-7-8-22-15-5-3-2-4-13(15)20-18(22)24/h2-5,10H,6-9,11H2,1H3,(H,19,23)(H,20,24). The van der Waals surface area contributed by atoms with Gasteiger partial charge < -0.3 is 19.6 Å². The minimum absolute atomic E-state index is 0.134. The molecule has 7 nitrogen and oxygen atoms in total. The van der Waals surface area contributed by atoms with E-state index >= 15 is 0 Å². The van der Waals surface area contributed by atoms with E-state index in [4.69, 9.17) is 4.74 Å². The second-order valence-electron chi connectivity index (χ2n) is 6.22. The van der Waals surface area contributed by atoms with Gasteiger partial charge in [-0.15, -0.1) is 0 Å². The second-order valence-corrected chi connectivity index (χ2v) is 6.22. The molecule has 7 heteroatoms. The van der Waals surface area contributed by atoms with E-state index in [-0.39, 0.29) is 11.6 Å². The van der Waals surface area contributed by atoms with E-state index in [2.05, 4.69) is 10.3 Å². The molecule has 130 valence electrons. The van der Waals surface area contributed by atoms with E-state index in [0.29, 0.717) is 32.0 Å². The highest BCUT2D eigenvalue weighted by atomic mass is 16.5. The van der Waals surface area contributed by atoms with Gasteiger partial charge in [-0.05, 0) is 23.8 Å². The van der Waals surface area contributed by atoms with Gasteiger partial charge in [0, 0.05) is 32.3 Å². The molecule has 0 unspecified atom stereocenters. The highest BCUT2D eigenvalue weighted by molar-refractivity contribution is 5.93. The molecule has 2 N–H and O–H groups in total. The van der Waals surface area contributed by atoms with Crippen LogP contribution in [0.4, 0.5) is 0 Å². The van der Waals surface area contributed by atoms with Crippen molar-refractivity contribution in [1.29, 1.82) is 0 Å². The molecule has 1 amide bonds. The highest BCUT2D eigenvalue weighted by Gasteiger charge is 2.20. The third-order valence-electron chi connectivity index (χ3n) is 4.72. The van der Waals surface area contributed by atoms with Crippen LogP contribution in [0, 0.1) is 0 Å². The molecule has 1 aliphatic heterocycles. The molecule has 3 heterocycles. The van der Waals surface area contributed by atoms with Crippen molar-refractivity contribution in [3.63, 3.8) is 0 Å². The van der Waals surface area contributed by atoms with Gasteiger partial charge in [-0.3, -0.25) is 9.36 Å². The molecule has 4 rings (SSSR count). The lowest BCUT2D eigenvalue weighted by molar-refractivity contribution is 0.0943. The van der Waals surface area contributed by atoms with Crippen LogP contribution in [0.5, 0.6) is 0 Å². The Labute approximate surface area is 144 Å². The summed E-state index contributed by atoms with van der Waals surface area (Å²) in [7, 11) is 1.91. The number of nitrogens with one attached hydrogen (secondary N) is 2. The van der Waals surface area contributed by atoms with Gasteiger partial charge in [-0.1, -0.05) is 12.1 Å². The molecule has 1 aliphatic rings. The molecule has 0 atom stereocenters. The van der Waals surface area contributed by atoms with Crippen LogP contribution in [0.15, 0.2) is 35.1 Å². The van der Waals surface area contributed by atoms with E-state index in [1.807, 2.05) is 41.9 Å². The fourth-order valence-corrected chi connectivity index (χ4v) is 3.43. The van der Waals surface area contributed by atoms with E-state index in [9.17, 15) is 9.59 Å². The summed E-state index contributed by atoms with van der Waals surface area (Å²) in [6, 6.07) is 9.41. The van der Waals surface area contributed by atoms with Crippen molar-refractivity contribution < 1.29 is 9.53 Å². The fourth-order valence-electron chi connectivity index (χ4n) is 3.43. The van der Waals surface area contributed by atoms with Crippen LogP contribution in [-0.4, -0.2) is 33.2 Å². The number of hydrogen-bond donors (Lipinski definition) is 2. The molecule has 0 bridgehead atoms. The average molecular weight is 340 g/mol. The number of carbonyl (C=O) groups is 1. The first kappa shape index (κ1) is 15.7. The summed E-state index contributed by atoms with van der Waals surface area (Å²) in [6.45, 7) is 2.05. The van der Waals surface area contributed by atoms with Crippen molar-refractivity contribution >= 4 is 16.9 Å². The Balaban J connectivity index is 1.47. The predicted octanol–water partition coefficient (Wildman–Crippen LogP) is 1.17. The molecule has 0 spiro atoms. The van der Waals surface area contributed by atoms with Crippen LogP contribution in [0.2, 0.25) is 0 Å². The lowest BCUT2D eigenvalue weighted by Crippen LogP contribution is -2.31. The smallest absolute Gasteiger partial charge is 0.326 e. The lowest BCUT2D eigenvalue weighted by atomic mass is 10.2. The molecule has 1 aromatic carbocycles. The van der Waals surface area contributed by atoms with Crippen molar-refractivity contribution in [2.75, 3.05) is 13.2 Å². The Kier molecular flexibility index (Phi) is 3.93. The van der Waals surface area contributed by atoms with Gasteiger partial charge in [0.05, 0.1) is 24.2 Å². The van der Waals surface area contributed by atoms with Crippen molar-refractivity contribution in [3.8, 4) is 0 Å². The first-order chi connectivity index (χ1) is 12.1. The van der Waals surface area contributed by atoms with Crippen molar-refractivity contribution in [1.82, 2.24) is 19.4 Å². The normalized spacial score (nSPS) is 13.8. The number of carbonyl (C=O) groups excluding carboxylic acids is 1. The number of aromatic nitrogens is 3. The molecule has 0 aliphatic carbocycles. The van der Waals surface area contributed by atoms with Crippen LogP contribution in [0.1, 0.15) is 21.7 Å². The third-order valence-corrected chi connectivity index (χ3v) is 4.72. The molecule has 0 saturated heterocycles. The summed E-state index contributed by atoms with van der Waals surface area (Å²) in [4.78, 5) is 27.4. The summed E-state index contributed by atoms with van der Waals surface area (Å²) < 4.78 is 9.02. The zero-order valence-electron chi connectivity index (χ0n) is 14.0. The van der Waals surface area contributed by atoms with Crippen LogP contribution >= 0.6 is 0 Å². The maximum absolute atomic E-state index is 12.5. The van der Waals surface area contributed by atoms with Gasteiger partial charge in [0.25, 0.3) is 5.91 Å². The molecule has 0 saturated carbocycles. The van der Waals surface area contributed by atoms with Gasteiger partial charge in [-0.25, -0.2) is 4.79 Å². The number of nitrogens with zero attached hydrogens (tertiary/aromatic N) is 2. The van der Waals surface area contributed by atoms with Gasteiger partial charge >= 0.3 is 5.69 Å². The Bertz CT molecular complexity index is 996. The minimum Gasteiger partial charge on any atom is -0.376 e. The first-order valence-corrected chi connectivity index (χ1v) is 8.36. The Hall–Kier alpha value is -2.80. The van der Waals surface area contributed by atoms with Crippen molar-refractivity contribution in [3.05, 3.63) is 57.8 Å². The molecular formula is C18H20N4O3. The Morgan fingerprint density at radius 2 is 2.20 bits per heavy atom. The number of imidazole rings is 1. The summed E-state index contributed by atoms with van der Waals surface area (Å²) in [6.07, 6.45) is 0.823. The topological polar surface area (TPSA) is 81.0 Å². The summed E-state index contributed by atoms with van der Waals surface area (Å²) in [5.41, 5.74) is 4.34. The summed E-state index contributed by atoms with van der Waals surface area (Å²) in [5, 5.41) is 2.90. The number of ether oxygens (including phenoxy) is 1. The van der Waals surface area contributed by atoms with Crippen LogP contribution in [0.3, 0.4) is 0 Å². The zero-order chi connectivity index (χ0) is 17.4. The number of para-hydroxylation sites is 2. The molecule has 25 heavy (non-hydrogen) atoms. The van der Waals surface area contributed by atoms with Gasteiger partial charge in [0.1, 0.15) is 5.69 Å². The van der Waals surface area contributed by atoms with Crippen LogP contribution < -0.4 is 11.0 Å². The third kappa shape index (κ3) is 2.76. The quantitative estimate of drug-likeness (QED) is 0.748. The number of fused-ring (bicyclic) bond motifs is 2. The molecule has 2 aromatic heterocycles. The Morgan fingerprint density at radius 3 is 3.04 bits per heavy atom. The minimum atomic E-state index is -0.165. The van der Waals surface area contributed by atoms with Crippen molar-refractivity contribution in [2.24, 2.45) is 7.05 Å². The Morgan fingerprint density at radius 1 is 1.36 bits per heavy atom. The fraction of sp³-hybridized carbons (Fsp3) is 0.333. The highest BCUT2D eigenvalue weighted by Crippen LogP contribution is 2.20. The van der Waals surface area contributed by atoms with E-state index in [1.165, 1.54) is 0 Å². The predicted molar refractivity (Wildman–Crippen MR) is 93.7 cm³/mol. The van der Waals surface area contributed by atoms with Crippen LogP contribution in [-0.2, 0) is 31.4 Å². The SMILES string of the molecule is Cn1c(C(=O)NCCn2c(=O)[nH]c3ccccc32)cc2c1CCOC2. The first-order valence-electron chi connectivity index (χ1n) is 8.36. The molecule has 3 aromatic rings. The number of rotatable bonds is 4. The second kappa shape index (κ2) is 6.25. The van der Waals surface area contributed by atoms with Gasteiger partial charge in [-0.2, -0.15) is 0 Å². The van der Waals surface area contributed by atoms with E-state index in [1.54, 1.807) is 4.57 Å². The van der Waals surface area contributed by atoms with E-state index in [0.717, 1.165) is 28.7 Å². The molecule has 0 radical (unpaired) electrons. The summed E-state index contributed by atoms with van der Waals surface area (Å²) >= 11 is 0. The number of aromatic amines is 1. The monoisotopic (exact) mass is 340 g/mol. The van der Waals surface area contributed by atoms with Crippen molar-refractivity contribution in [2.45, 2.75) is 19.6 Å². The number of benzene rings is 1. The molecule has 0 fully saturated rings. The number of H-pyrrole nitrogens is 1. The van der Waals surface area contributed by atoms with Gasteiger partial charge in [0.2, 0.25) is 0 Å². The maximum atomic E-state index is 12.5.